The summed E-state index contributed by atoms with van der Waals surface area (Å²) in [5, 5.41) is 0. The van der Waals surface area contributed by atoms with Crippen LogP contribution in [0.2, 0.25) is 0 Å². The molecule has 2 fully saturated rings. The van der Waals surface area contributed by atoms with Crippen molar-refractivity contribution < 1.29 is 13.9 Å². The Bertz CT molecular complexity index is 957. The Kier molecular flexibility index (Phi) is 7.03. The number of amides is 1. The summed E-state index contributed by atoms with van der Waals surface area (Å²) >= 11 is 1.49. The number of hydrogen-bond acceptors (Lipinski definition) is 4. The van der Waals surface area contributed by atoms with Crippen molar-refractivity contribution in [3.63, 3.8) is 0 Å². The highest BCUT2D eigenvalue weighted by Crippen LogP contribution is 2.36. The highest BCUT2D eigenvalue weighted by Gasteiger charge is 2.28. The first-order valence-corrected chi connectivity index (χ1v) is 12.6. The van der Waals surface area contributed by atoms with Crippen molar-refractivity contribution in [1.82, 2.24) is 9.80 Å². The number of rotatable bonds is 6. The van der Waals surface area contributed by atoms with Gasteiger partial charge in [-0.2, -0.15) is 0 Å². The molecular weight excluding hydrogens is 423 g/mol. The van der Waals surface area contributed by atoms with Crippen molar-refractivity contribution in [3.8, 4) is 10.4 Å². The van der Waals surface area contributed by atoms with Crippen LogP contribution >= 0.6 is 11.3 Å². The number of hydrogen-bond donors (Lipinski definition) is 0. The molecule has 0 bridgehead atoms. The first kappa shape index (κ1) is 23.4. The second-order valence-electron chi connectivity index (χ2n) is 9.87. The molecule has 0 N–H and O–H groups in total. The summed E-state index contributed by atoms with van der Waals surface area (Å²) < 4.78 is 20.7. The van der Waals surface area contributed by atoms with Gasteiger partial charge in [-0.15, -0.1) is 11.3 Å². The number of thiophene rings is 1. The Morgan fingerprint density at radius 3 is 2.47 bits per heavy atom. The predicted molar refractivity (Wildman–Crippen MR) is 129 cm³/mol. The van der Waals surface area contributed by atoms with Crippen LogP contribution in [0.5, 0.6) is 0 Å². The third-order valence-electron chi connectivity index (χ3n) is 6.97. The molecule has 0 unspecified atom stereocenters. The molecule has 2 saturated heterocycles. The van der Waals surface area contributed by atoms with E-state index in [-0.39, 0.29) is 23.2 Å². The fraction of sp³-hybridized carbons (Fsp3) is 0.577. The number of nitrogens with zero attached hydrogens (tertiary/aromatic N) is 2. The Balaban J connectivity index is 1.44. The molecule has 0 radical (unpaired) electrons. The average Bonchev–Trinajstić information content (AvgIpc) is 3.44. The lowest BCUT2D eigenvalue weighted by Gasteiger charge is -2.37. The zero-order chi connectivity index (χ0) is 22.9. The van der Waals surface area contributed by atoms with E-state index in [1.54, 1.807) is 13.2 Å². The summed E-state index contributed by atoms with van der Waals surface area (Å²) in [6.07, 6.45) is 4.09. The number of carbonyl (C=O) groups excluding carboxylic acids is 1. The molecular formula is C26H35FN2O2S. The lowest BCUT2D eigenvalue weighted by atomic mass is 9.88. The maximum absolute atomic E-state index is 15.2. The molecule has 0 saturated carbocycles. The van der Waals surface area contributed by atoms with Gasteiger partial charge in [-0.05, 0) is 94.3 Å². The smallest absolute Gasteiger partial charge is 0.264 e. The number of ether oxygens (including phenoxy) is 1. The van der Waals surface area contributed by atoms with Crippen molar-refractivity contribution >= 4 is 17.2 Å². The molecule has 1 amide bonds. The van der Waals surface area contributed by atoms with E-state index >= 15 is 4.39 Å². The second-order valence-corrected chi connectivity index (χ2v) is 10.9. The Hall–Kier alpha value is -1.76. The first-order valence-electron chi connectivity index (χ1n) is 11.7. The van der Waals surface area contributed by atoms with Gasteiger partial charge < -0.3 is 14.5 Å². The minimum Gasteiger partial charge on any atom is -0.377 e. The van der Waals surface area contributed by atoms with E-state index in [1.807, 2.05) is 30.0 Å². The Labute approximate surface area is 195 Å². The summed E-state index contributed by atoms with van der Waals surface area (Å²) in [6, 6.07) is 7.67. The molecule has 32 heavy (non-hydrogen) atoms. The van der Waals surface area contributed by atoms with E-state index in [2.05, 4.69) is 18.7 Å². The van der Waals surface area contributed by atoms with E-state index < -0.39 is 0 Å². The number of carbonyl (C=O) groups is 1. The molecule has 0 spiro atoms. The van der Waals surface area contributed by atoms with Crippen LogP contribution in [0.1, 0.15) is 66.2 Å². The van der Waals surface area contributed by atoms with E-state index in [0.717, 1.165) is 84.9 Å². The molecule has 2 aromatic rings. The lowest BCUT2D eigenvalue weighted by Crippen LogP contribution is -2.43. The standard InChI is InChI=1S/C26H35FN2O2S/c1-18-15-23(32-24(18)25(30)29-11-5-6-12-29)20-7-8-21(22(27)16-20)19-9-13-28(14-10-19)17-26(2,3)31-4/h7-8,15-16,19H,5-6,9-14,17H2,1-4H3. The predicted octanol–water partition coefficient (Wildman–Crippen LogP) is 5.70. The van der Waals surface area contributed by atoms with Gasteiger partial charge >= 0.3 is 0 Å². The van der Waals surface area contributed by atoms with Crippen molar-refractivity contribution in [2.45, 2.75) is 58.0 Å². The molecule has 2 aliphatic heterocycles. The number of halogens is 1. The summed E-state index contributed by atoms with van der Waals surface area (Å²) in [5.41, 5.74) is 2.51. The fourth-order valence-corrected chi connectivity index (χ4v) is 6.05. The minimum atomic E-state index is -0.159. The quantitative estimate of drug-likeness (QED) is 0.556. The number of methoxy groups -OCH3 is 1. The molecule has 6 heteroatoms. The van der Waals surface area contributed by atoms with Gasteiger partial charge in [0.25, 0.3) is 5.91 Å². The van der Waals surface area contributed by atoms with Crippen molar-refractivity contribution in [2.75, 3.05) is 39.8 Å². The molecule has 4 rings (SSSR count). The van der Waals surface area contributed by atoms with Crippen LogP contribution in [-0.4, -0.2) is 61.1 Å². The monoisotopic (exact) mass is 458 g/mol. The Morgan fingerprint density at radius 2 is 1.84 bits per heavy atom. The molecule has 0 aliphatic carbocycles. The van der Waals surface area contributed by atoms with Gasteiger partial charge in [0.15, 0.2) is 0 Å². The average molecular weight is 459 g/mol. The normalized spacial score (nSPS) is 18.5. The van der Waals surface area contributed by atoms with Crippen molar-refractivity contribution in [2.24, 2.45) is 0 Å². The van der Waals surface area contributed by atoms with E-state index in [9.17, 15) is 4.79 Å². The van der Waals surface area contributed by atoms with E-state index in [0.29, 0.717) is 0 Å². The van der Waals surface area contributed by atoms with Crippen LogP contribution in [0.25, 0.3) is 10.4 Å². The largest absolute Gasteiger partial charge is 0.377 e. The van der Waals surface area contributed by atoms with E-state index in [1.165, 1.54) is 11.3 Å². The van der Waals surface area contributed by atoms with Gasteiger partial charge in [0.05, 0.1) is 10.5 Å². The number of likely N-dealkylation sites (tertiary alicyclic amines) is 2. The van der Waals surface area contributed by atoms with Gasteiger partial charge in [-0.1, -0.05) is 12.1 Å². The molecule has 1 aromatic carbocycles. The Morgan fingerprint density at radius 1 is 1.16 bits per heavy atom. The summed E-state index contributed by atoms with van der Waals surface area (Å²) in [4.78, 5) is 18.9. The molecule has 1 aromatic heterocycles. The van der Waals surface area contributed by atoms with Crippen molar-refractivity contribution in [3.05, 3.63) is 46.1 Å². The second kappa shape index (κ2) is 9.62. The number of piperidine rings is 1. The zero-order valence-corrected chi connectivity index (χ0v) is 20.6. The molecule has 2 aliphatic rings. The third kappa shape index (κ3) is 5.08. The van der Waals surface area contributed by atoms with Crippen LogP contribution in [0.4, 0.5) is 4.39 Å². The zero-order valence-electron chi connectivity index (χ0n) is 19.7. The molecule has 3 heterocycles. The summed E-state index contributed by atoms with van der Waals surface area (Å²) in [5.74, 6) is 0.247. The summed E-state index contributed by atoms with van der Waals surface area (Å²) in [7, 11) is 1.75. The first-order chi connectivity index (χ1) is 15.3. The van der Waals surface area contributed by atoms with Crippen molar-refractivity contribution in [1.29, 1.82) is 0 Å². The molecule has 174 valence electrons. The van der Waals surface area contributed by atoms with E-state index in [4.69, 9.17) is 4.74 Å². The van der Waals surface area contributed by atoms with Crippen LogP contribution in [0, 0.1) is 12.7 Å². The lowest BCUT2D eigenvalue weighted by molar-refractivity contribution is -0.0125. The molecule has 4 nitrogen and oxygen atoms in total. The van der Waals surface area contributed by atoms with Crippen LogP contribution in [0.15, 0.2) is 24.3 Å². The van der Waals surface area contributed by atoms with Crippen LogP contribution in [0.3, 0.4) is 0 Å². The van der Waals surface area contributed by atoms with Gasteiger partial charge in [-0.25, -0.2) is 4.39 Å². The van der Waals surface area contributed by atoms with Gasteiger partial charge in [0.1, 0.15) is 5.82 Å². The van der Waals surface area contributed by atoms with Gasteiger partial charge in [0, 0.05) is 31.6 Å². The fourth-order valence-electron chi connectivity index (χ4n) is 4.92. The maximum Gasteiger partial charge on any atom is 0.264 e. The summed E-state index contributed by atoms with van der Waals surface area (Å²) in [6.45, 7) is 10.7. The minimum absolute atomic E-state index is 0.122. The highest BCUT2D eigenvalue weighted by molar-refractivity contribution is 7.17. The molecule has 0 atom stereocenters. The van der Waals surface area contributed by atoms with Gasteiger partial charge in [0.2, 0.25) is 0 Å². The SMILES string of the molecule is COC(C)(C)CN1CCC(c2ccc(-c3cc(C)c(C(=O)N4CCCC4)s3)cc2F)CC1. The van der Waals surface area contributed by atoms with Gasteiger partial charge in [-0.3, -0.25) is 4.79 Å². The highest BCUT2D eigenvalue weighted by atomic mass is 32.1. The maximum atomic E-state index is 15.2. The number of aryl methyl sites for hydroxylation is 1. The third-order valence-corrected chi connectivity index (χ3v) is 8.25. The van der Waals surface area contributed by atoms with Crippen LogP contribution < -0.4 is 0 Å². The number of benzene rings is 1. The topological polar surface area (TPSA) is 32.8 Å². The van der Waals surface area contributed by atoms with Crippen LogP contribution in [-0.2, 0) is 4.74 Å².